The molecule has 0 aliphatic carbocycles. The normalized spacial score (nSPS) is 22.6. The smallest absolute Gasteiger partial charge is 0.264 e. The van der Waals surface area contributed by atoms with Crippen LogP contribution in [0.5, 0.6) is 5.75 Å². The molecular weight excluding hydrogens is 320 g/mol. The summed E-state index contributed by atoms with van der Waals surface area (Å²) in [7, 11) is 0. The maximum Gasteiger partial charge on any atom is 0.264 e. The monoisotopic (exact) mass is 342 g/mol. The molecule has 0 bridgehead atoms. The predicted octanol–water partition coefficient (Wildman–Crippen LogP) is 1.63. The van der Waals surface area contributed by atoms with Gasteiger partial charge in [-0.15, -0.1) is 0 Å². The minimum Gasteiger partial charge on any atom is -0.480 e. The van der Waals surface area contributed by atoms with Gasteiger partial charge in [0.1, 0.15) is 17.7 Å². The van der Waals surface area contributed by atoms with E-state index >= 15 is 0 Å². The summed E-state index contributed by atoms with van der Waals surface area (Å²) >= 11 is 0. The lowest BCUT2D eigenvalue weighted by Gasteiger charge is -2.32. The zero-order chi connectivity index (χ0) is 17.6. The topological polar surface area (TPSA) is 80.3 Å². The molecule has 0 saturated carbocycles. The molecular formula is C18H22N4O3. The summed E-state index contributed by atoms with van der Waals surface area (Å²) in [5.41, 5.74) is 3.51. The largest absolute Gasteiger partial charge is 0.480 e. The summed E-state index contributed by atoms with van der Waals surface area (Å²) < 4.78 is 11.7. The first-order valence-corrected chi connectivity index (χ1v) is 8.57. The fourth-order valence-corrected chi connectivity index (χ4v) is 3.36. The van der Waals surface area contributed by atoms with E-state index in [0.717, 1.165) is 17.1 Å². The highest BCUT2D eigenvalue weighted by atomic mass is 16.5. The molecule has 2 aromatic rings. The number of fused-ring (bicyclic) bond motifs is 1. The summed E-state index contributed by atoms with van der Waals surface area (Å²) in [4.78, 5) is 19.0. The van der Waals surface area contributed by atoms with Gasteiger partial charge in [0.25, 0.3) is 5.91 Å². The number of aromatic nitrogens is 3. The fraction of sp³-hybridized carbons (Fsp3) is 0.500. The Kier molecular flexibility index (Phi) is 3.95. The maximum absolute atomic E-state index is 12.9. The average Bonchev–Trinajstić information content (AvgIpc) is 3.21. The van der Waals surface area contributed by atoms with E-state index < -0.39 is 6.10 Å². The molecule has 1 amide bonds. The molecule has 1 fully saturated rings. The Morgan fingerprint density at radius 2 is 2.08 bits per heavy atom. The number of benzene rings is 1. The van der Waals surface area contributed by atoms with Crippen LogP contribution < -0.4 is 4.74 Å². The van der Waals surface area contributed by atoms with Gasteiger partial charge < -0.3 is 14.4 Å². The maximum atomic E-state index is 12.9. The van der Waals surface area contributed by atoms with Crippen LogP contribution in [0.25, 0.3) is 0 Å². The lowest BCUT2D eigenvalue weighted by Crippen LogP contribution is -2.48. The van der Waals surface area contributed by atoms with Crippen molar-refractivity contribution in [1.29, 1.82) is 0 Å². The first-order chi connectivity index (χ1) is 12.0. The Morgan fingerprint density at radius 3 is 2.84 bits per heavy atom. The standard InChI is InChI=1S/C18H22N4O3/c1-10-6-13-8-15(25-14(13)7-11(10)2)18(23)22-4-5-24-16(9-22)17-19-12(3)20-21-17/h6-7,15-16H,4-5,8-9H2,1-3H3,(H,19,20,21). The van der Waals surface area contributed by atoms with Gasteiger partial charge in [0.2, 0.25) is 0 Å². The van der Waals surface area contributed by atoms with Gasteiger partial charge in [-0.1, -0.05) is 6.07 Å². The van der Waals surface area contributed by atoms with Gasteiger partial charge in [-0.2, -0.15) is 5.10 Å². The number of carbonyl (C=O) groups is 1. The van der Waals surface area contributed by atoms with Crippen LogP contribution in [0.1, 0.15) is 34.4 Å². The highest BCUT2D eigenvalue weighted by Crippen LogP contribution is 2.32. The molecule has 1 aromatic heterocycles. The van der Waals surface area contributed by atoms with Crippen LogP contribution in [-0.4, -0.2) is 51.8 Å². The first kappa shape index (κ1) is 16.1. The molecule has 1 N–H and O–H groups in total. The van der Waals surface area contributed by atoms with E-state index in [1.165, 1.54) is 11.1 Å². The number of nitrogens with one attached hydrogen (secondary N) is 1. The molecule has 1 aromatic carbocycles. The average molecular weight is 342 g/mol. The van der Waals surface area contributed by atoms with Crippen LogP contribution in [0.3, 0.4) is 0 Å². The van der Waals surface area contributed by atoms with Gasteiger partial charge in [0, 0.05) is 13.0 Å². The van der Waals surface area contributed by atoms with Crippen LogP contribution in [-0.2, 0) is 16.0 Å². The molecule has 7 heteroatoms. The third-order valence-corrected chi connectivity index (χ3v) is 4.91. The van der Waals surface area contributed by atoms with Crippen LogP contribution in [0.15, 0.2) is 12.1 Å². The number of aryl methyl sites for hydroxylation is 3. The second-order valence-electron chi connectivity index (χ2n) is 6.78. The van der Waals surface area contributed by atoms with Crippen molar-refractivity contribution in [2.24, 2.45) is 0 Å². The van der Waals surface area contributed by atoms with Crippen LogP contribution in [0.4, 0.5) is 0 Å². The van der Waals surface area contributed by atoms with Gasteiger partial charge in [0.05, 0.1) is 13.2 Å². The molecule has 3 heterocycles. The summed E-state index contributed by atoms with van der Waals surface area (Å²) in [6.07, 6.45) is -0.128. The number of hydrogen-bond donors (Lipinski definition) is 1. The number of hydrogen-bond acceptors (Lipinski definition) is 5. The number of ether oxygens (including phenoxy) is 2. The molecule has 132 valence electrons. The Morgan fingerprint density at radius 1 is 1.28 bits per heavy atom. The molecule has 4 rings (SSSR count). The van der Waals surface area contributed by atoms with Crippen molar-refractivity contribution < 1.29 is 14.3 Å². The van der Waals surface area contributed by atoms with Gasteiger partial charge in [0.15, 0.2) is 11.9 Å². The van der Waals surface area contributed by atoms with Crippen molar-refractivity contribution in [3.05, 3.63) is 40.5 Å². The van der Waals surface area contributed by atoms with E-state index in [2.05, 4.69) is 35.1 Å². The Bertz CT molecular complexity index is 786. The van der Waals surface area contributed by atoms with Crippen molar-refractivity contribution in [3.63, 3.8) is 0 Å². The van der Waals surface area contributed by atoms with Crippen LogP contribution in [0, 0.1) is 20.8 Å². The van der Waals surface area contributed by atoms with Gasteiger partial charge in [-0.05, 0) is 43.5 Å². The molecule has 0 spiro atoms. The van der Waals surface area contributed by atoms with E-state index in [1.807, 2.05) is 13.0 Å². The molecule has 2 unspecified atom stereocenters. The molecule has 2 aliphatic rings. The third kappa shape index (κ3) is 3.00. The number of H-pyrrole nitrogens is 1. The highest BCUT2D eigenvalue weighted by Gasteiger charge is 2.36. The second kappa shape index (κ2) is 6.15. The van der Waals surface area contributed by atoms with Gasteiger partial charge >= 0.3 is 0 Å². The lowest BCUT2D eigenvalue weighted by molar-refractivity contribution is -0.146. The Balaban J connectivity index is 1.46. The van der Waals surface area contributed by atoms with Crippen LogP contribution >= 0.6 is 0 Å². The van der Waals surface area contributed by atoms with Crippen molar-refractivity contribution in [2.75, 3.05) is 19.7 Å². The van der Waals surface area contributed by atoms with Crippen LogP contribution in [0.2, 0.25) is 0 Å². The zero-order valence-corrected chi connectivity index (χ0v) is 14.7. The quantitative estimate of drug-likeness (QED) is 0.897. The minimum atomic E-state index is -0.455. The number of nitrogens with zero attached hydrogens (tertiary/aromatic N) is 3. The van der Waals surface area contributed by atoms with Crippen molar-refractivity contribution in [1.82, 2.24) is 20.1 Å². The second-order valence-corrected chi connectivity index (χ2v) is 6.78. The molecule has 1 saturated heterocycles. The number of aromatic amines is 1. The summed E-state index contributed by atoms with van der Waals surface area (Å²) in [5.74, 6) is 2.17. The summed E-state index contributed by atoms with van der Waals surface area (Å²) in [6, 6.07) is 4.15. The SMILES string of the molecule is Cc1nc(C2CN(C(=O)C3Cc4cc(C)c(C)cc4O3)CCO2)n[nH]1. The number of rotatable bonds is 2. The predicted molar refractivity (Wildman–Crippen MR) is 90.4 cm³/mol. The molecule has 2 atom stereocenters. The Labute approximate surface area is 146 Å². The number of amides is 1. The Hall–Kier alpha value is -2.41. The highest BCUT2D eigenvalue weighted by molar-refractivity contribution is 5.83. The number of carbonyl (C=O) groups excluding carboxylic acids is 1. The third-order valence-electron chi connectivity index (χ3n) is 4.91. The fourth-order valence-electron chi connectivity index (χ4n) is 3.36. The minimum absolute atomic E-state index is 0.00654. The van der Waals surface area contributed by atoms with E-state index in [4.69, 9.17) is 9.47 Å². The molecule has 7 nitrogen and oxygen atoms in total. The van der Waals surface area contributed by atoms with E-state index in [0.29, 0.717) is 31.9 Å². The first-order valence-electron chi connectivity index (χ1n) is 8.57. The van der Waals surface area contributed by atoms with Crippen molar-refractivity contribution in [2.45, 2.75) is 39.4 Å². The van der Waals surface area contributed by atoms with E-state index in [1.54, 1.807) is 4.90 Å². The lowest BCUT2D eigenvalue weighted by atomic mass is 10.0. The summed E-state index contributed by atoms with van der Waals surface area (Å²) in [5, 5.41) is 6.97. The van der Waals surface area contributed by atoms with Crippen molar-refractivity contribution >= 4 is 5.91 Å². The molecule has 0 radical (unpaired) electrons. The van der Waals surface area contributed by atoms with Gasteiger partial charge in [-0.25, -0.2) is 4.98 Å². The van der Waals surface area contributed by atoms with Gasteiger partial charge in [-0.3, -0.25) is 9.89 Å². The van der Waals surface area contributed by atoms with E-state index in [-0.39, 0.29) is 12.0 Å². The molecule has 2 aliphatic heterocycles. The number of morpholine rings is 1. The van der Waals surface area contributed by atoms with Crippen molar-refractivity contribution in [3.8, 4) is 5.75 Å². The summed E-state index contributed by atoms with van der Waals surface area (Å²) in [6.45, 7) is 7.46. The van der Waals surface area contributed by atoms with E-state index in [9.17, 15) is 4.79 Å². The zero-order valence-electron chi connectivity index (χ0n) is 14.7. The molecule has 25 heavy (non-hydrogen) atoms.